The van der Waals surface area contributed by atoms with Gasteiger partial charge in [-0.15, -0.1) is 0 Å². The SMILES string of the molecule is Cc1nn(C)c(C)c1CCC(=O)N1CCC2(C1)Cn1c(nn(C)c1=O)CO2. The van der Waals surface area contributed by atoms with E-state index in [4.69, 9.17) is 4.74 Å². The molecule has 4 heterocycles. The topological polar surface area (TPSA) is 87.2 Å². The first-order valence-corrected chi connectivity index (χ1v) is 9.33. The van der Waals surface area contributed by atoms with Crippen LogP contribution in [0.25, 0.3) is 0 Å². The van der Waals surface area contributed by atoms with Crippen LogP contribution in [0.2, 0.25) is 0 Å². The van der Waals surface area contributed by atoms with Crippen molar-refractivity contribution >= 4 is 5.91 Å². The van der Waals surface area contributed by atoms with Crippen molar-refractivity contribution in [3.8, 4) is 0 Å². The molecule has 0 aliphatic carbocycles. The Bertz CT molecular complexity index is 955. The number of fused-ring (bicyclic) bond motifs is 1. The molecule has 27 heavy (non-hydrogen) atoms. The van der Waals surface area contributed by atoms with Gasteiger partial charge in [0.25, 0.3) is 0 Å². The summed E-state index contributed by atoms with van der Waals surface area (Å²) in [4.78, 5) is 26.8. The van der Waals surface area contributed by atoms with Crippen molar-refractivity contribution in [3.05, 3.63) is 33.3 Å². The van der Waals surface area contributed by atoms with Crippen molar-refractivity contribution in [2.75, 3.05) is 13.1 Å². The molecule has 2 aliphatic heterocycles. The van der Waals surface area contributed by atoms with Crippen molar-refractivity contribution in [1.29, 1.82) is 0 Å². The average molecular weight is 374 g/mol. The molecule has 1 amide bonds. The van der Waals surface area contributed by atoms with Gasteiger partial charge in [-0.3, -0.25) is 14.0 Å². The Kier molecular flexibility index (Phi) is 4.21. The number of nitrogens with zero attached hydrogens (tertiary/aromatic N) is 6. The first kappa shape index (κ1) is 18.0. The summed E-state index contributed by atoms with van der Waals surface area (Å²) in [6.07, 6.45) is 1.90. The van der Waals surface area contributed by atoms with Crippen LogP contribution in [0.15, 0.2) is 4.79 Å². The van der Waals surface area contributed by atoms with E-state index >= 15 is 0 Å². The van der Waals surface area contributed by atoms with E-state index < -0.39 is 5.60 Å². The second-order valence-corrected chi connectivity index (χ2v) is 7.72. The van der Waals surface area contributed by atoms with E-state index in [1.54, 1.807) is 11.6 Å². The highest BCUT2D eigenvalue weighted by atomic mass is 16.5. The lowest BCUT2D eigenvalue weighted by Gasteiger charge is -2.33. The molecule has 2 aliphatic rings. The standard InChI is InChI=1S/C18H26N6O3/c1-12-14(13(2)21(3)19-12)5-6-16(25)23-8-7-18(10-23)11-24-15(9-27-18)20-22(4)17(24)26/h5-11H2,1-4H3. The largest absolute Gasteiger partial charge is 0.363 e. The lowest BCUT2D eigenvalue weighted by Crippen LogP contribution is -2.47. The fraction of sp³-hybridized carbons (Fsp3) is 0.667. The van der Waals surface area contributed by atoms with Gasteiger partial charge >= 0.3 is 5.69 Å². The molecule has 1 spiro atoms. The van der Waals surface area contributed by atoms with Gasteiger partial charge in [-0.05, 0) is 32.3 Å². The monoisotopic (exact) mass is 374 g/mol. The van der Waals surface area contributed by atoms with E-state index in [1.807, 2.05) is 30.5 Å². The van der Waals surface area contributed by atoms with Crippen LogP contribution in [-0.4, -0.2) is 53.6 Å². The third kappa shape index (κ3) is 2.99. The molecule has 1 unspecified atom stereocenters. The molecule has 1 saturated heterocycles. The molecule has 4 rings (SSSR count). The summed E-state index contributed by atoms with van der Waals surface area (Å²) in [7, 11) is 3.57. The highest BCUT2D eigenvalue weighted by molar-refractivity contribution is 5.77. The van der Waals surface area contributed by atoms with Crippen LogP contribution in [0.4, 0.5) is 0 Å². The molecule has 9 nitrogen and oxygen atoms in total. The number of carbonyl (C=O) groups excluding carboxylic acids is 1. The Balaban J connectivity index is 1.41. The molecule has 0 saturated carbocycles. The van der Waals surface area contributed by atoms with Crippen LogP contribution in [-0.2, 0) is 43.2 Å². The minimum Gasteiger partial charge on any atom is -0.363 e. The number of rotatable bonds is 3. The lowest BCUT2D eigenvalue weighted by atomic mass is 10.0. The van der Waals surface area contributed by atoms with Gasteiger partial charge in [-0.2, -0.15) is 10.2 Å². The van der Waals surface area contributed by atoms with Crippen LogP contribution >= 0.6 is 0 Å². The van der Waals surface area contributed by atoms with E-state index in [0.29, 0.717) is 44.9 Å². The number of hydrogen-bond acceptors (Lipinski definition) is 5. The van der Waals surface area contributed by atoms with Crippen molar-refractivity contribution in [2.24, 2.45) is 14.1 Å². The maximum absolute atomic E-state index is 12.7. The average Bonchev–Trinajstić information content (AvgIpc) is 3.24. The zero-order valence-corrected chi connectivity index (χ0v) is 16.4. The van der Waals surface area contributed by atoms with Gasteiger partial charge < -0.3 is 9.64 Å². The Morgan fingerprint density at radius 1 is 1.19 bits per heavy atom. The van der Waals surface area contributed by atoms with E-state index in [1.165, 1.54) is 4.68 Å². The molecule has 9 heteroatoms. The van der Waals surface area contributed by atoms with Gasteiger partial charge in [0, 0.05) is 32.8 Å². The molecule has 146 valence electrons. The number of aromatic nitrogens is 5. The van der Waals surface area contributed by atoms with Gasteiger partial charge in [-0.25, -0.2) is 9.48 Å². The summed E-state index contributed by atoms with van der Waals surface area (Å²) in [5.41, 5.74) is 2.65. The van der Waals surface area contributed by atoms with E-state index in [2.05, 4.69) is 10.2 Å². The van der Waals surface area contributed by atoms with E-state index in [9.17, 15) is 9.59 Å². The molecule has 1 fully saturated rings. The first-order valence-electron chi connectivity index (χ1n) is 9.33. The zero-order chi connectivity index (χ0) is 19.3. The summed E-state index contributed by atoms with van der Waals surface area (Å²) in [5.74, 6) is 0.780. The maximum Gasteiger partial charge on any atom is 0.345 e. The lowest BCUT2D eigenvalue weighted by molar-refractivity contribution is -0.133. The number of ether oxygens (including phenoxy) is 1. The molecule has 2 aromatic rings. The minimum absolute atomic E-state index is 0.125. The second-order valence-electron chi connectivity index (χ2n) is 7.72. The summed E-state index contributed by atoms with van der Waals surface area (Å²) < 4.78 is 10.9. The van der Waals surface area contributed by atoms with Crippen LogP contribution in [0.3, 0.4) is 0 Å². The molecular formula is C18H26N6O3. The van der Waals surface area contributed by atoms with Crippen molar-refractivity contribution < 1.29 is 9.53 Å². The summed E-state index contributed by atoms with van der Waals surface area (Å²) >= 11 is 0. The van der Waals surface area contributed by atoms with Crippen LogP contribution in [0.1, 0.15) is 35.6 Å². The molecule has 1 atom stereocenters. The fourth-order valence-corrected chi connectivity index (χ4v) is 4.25. The Morgan fingerprint density at radius 2 is 1.96 bits per heavy atom. The van der Waals surface area contributed by atoms with Gasteiger partial charge in [0.05, 0.1) is 18.8 Å². The van der Waals surface area contributed by atoms with Crippen LogP contribution in [0, 0.1) is 13.8 Å². The smallest absolute Gasteiger partial charge is 0.345 e. The highest BCUT2D eigenvalue weighted by Crippen LogP contribution is 2.31. The summed E-state index contributed by atoms with van der Waals surface area (Å²) in [5, 5.41) is 8.61. The third-order valence-corrected chi connectivity index (χ3v) is 5.96. The summed E-state index contributed by atoms with van der Waals surface area (Å²) in [6.45, 7) is 5.97. The number of carbonyl (C=O) groups is 1. The van der Waals surface area contributed by atoms with E-state index in [-0.39, 0.29) is 11.6 Å². The molecule has 0 aromatic carbocycles. The first-order chi connectivity index (χ1) is 12.8. The highest BCUT2D eigenvalue weighted by Gasteiger charge is 2.44. The maximum atomic E-state index is 12.7. The number of aryl methyl sites for hydroxylation is 3. The predicted octanol–water partition coefficient (Wildman–Crippen LogP) is 0.0662. The minimum atomic E-state index is -0.477. The molecular weight excluding hydrogens is 348 g/mol. The molecule has 0 radical (unpaired) electrons. The zero-order valence-electron chi connectivity index (χ0n) is 16.4. The molecule has 2 aromatic heterocycles. The predicted molar refractivity (Wildman–Crippen MR) is 97.2 cm³/mol. The van der Waals surface area contributed by atoms with Gasteiger partial charge in [0.1, 0.15) is 12.2 Å². The molecule has 0 N–H and O–H groups in total. The number of hydrogen-bond donors (Lipinski definition) is 0. The van der Waals surface area contributed by atoms with Gasteiger partial charge in [0.15, 0.2) is 5.82 Å². The summed E-state index contributed by atoms with van der Waals surface area (Å²) in [6, 6.07) is 0. The van der Waals surface area contributed by atoms with Crippen LogP contribution in [0.5, 0.6) is 0 Å². The van der Waals surface area contributed by atoms with Crippen molar-refractivity contribution in [2.45, 2.75) is 51.9 Å². The number of amides is 1. The Hall–Kier alpha value is -2.42. The van der Waals surface area contributed by atoms with Crippen molar-refractivity contribution in [1.82, 2.24) is 29.0 Å². The molecule has 0 bridgehead atoms. The van der Waals surface area contributed by atoms with Gasteiger partial charge in [0.2, 0.25) is 5.91 Å². The van der Waals surface area contributed by atoms with E-state index in [0.717, 1.165) is 23.4 Å². The second kappa shape index (κ2) is 6.33. The number of likely N-dealkylation sites (tertiary alicyclic amines) is 1. The quantitative estimate of drug-likeness (QED) is 0.759. The van der Waals surface area contributed by atoms with Crippen molar-refractivity contribution in [3.63, 3.8) is 0 Å². The Labute approximate surface area is 157 Å². The fourth-order valence-electron chi connectivity index (χ4n) is 4.25. The third-order valence-electron chi connectivity index (χ3n) is 5.96. The Morgan fingerprint density at radius 3 is 2.67 bits per heavy atom. The van der Waals surface area contributed by atoms with Gasteiger partial charge in [-0.1, -0.05) is 0 Å². The normalized spacial score (nSPS) is 21.9. The van der Waals surface area contributed by atoms with Crippen LogP contribution < -0.4 is 5.69 Å².